The summed E-state index contributed by atoms with van der Waals surface area (Å²) in [7, 11) is -3.49. The van der Waals surface area contributed by atoms with Crippen LogP contribution in [0.25, 0.3) is 0 Å². The predicted molar refractivity (Wildman–Crippen MR) is 87.6 cm³/mol. The van der Waals surface area contributed by atoms with E-state index in [1.54, 1.807) is 24.3 Å². The second-order valence-corrected chi connectivity index (χ2v) is 7.53. The van der Waals surface area contributed by atoms with Crippen molar-refractivity contribution in [3.05, 3.63) is 42.5 Å². The number of sulfonamides is 1. The standard InChI is InChI=1S/C16H26N2O2S/c1-6-10-18(14(4)5)21(19,20)16-9-7-8-15(11-16)12-17-13(2)3/h6-9,11,13-14,17H,1,10,12H2,2-5H3. The van der Waals surface area contributed by atoms with Gasteiger partial charge in [-0.25, -0.2) is 8.42 Å². The summed E-state index contributed by atoms with van der Waals surface area (Å²) in [5, 5.41) is 3.29. The second-order valence-electron chi connectivity index (χ2n) is 5.64. The lowest BCUT2D eigenvalue weighted by Gasteiger charge is -2.24. The molecule has 0 aliphatic carbocycles. The molecule has 0 aliphatic heterocycles. The van der Waals surface area contributed by atoms with Gasteiger partial charge in [0.1, 0.15) is 0 Å². The van der Waals surface area contributed by atoms with Gasteiger partial charge in [0.25, 0.3) is 0 Å². The van der Waals surface area contributed by atoms with Crippen molar-refractivity contribution in [2.75, 3.05) is 6.54 Å². The first kappa shape index (κ1) is 17.9. The lowest BCUT2D eigenvalue weighted by atomic mass is 10.2. The molecule has 1 aromatic carbocycles. The van der Waals surface area contributed by atoms with Crippen molar-refractivity contribution in [3.8, 4) is 0 Å². The lowest BCUT2D eigenvalue weighted by molar-refractivity contribution is 0.383. The summed E-state index contributed by atoms with van der Waals surface area (Å²) in [4.78, 5) is 0.334. The van der Waals surface area contributed by atoms with Gasteiger partial charge in [0, 0.05) is 25.2 Å². The van der Waals surface area contributed by atoms with Crippen molar-refractivity contribution < 1.29 is 8.42 Å². The molecule has 21 heavy (non-hydrogen) atoms. The zero-order chi connectivity index (χ0) is 16.0. The van der Waals surface area contributed by atoms with E-state index in [2.05, 4.69) is 25.7 Å². The minimum Gasteiger partial charge on any atom is -0.310 e. The molecular formula is C16H26N2O2S. The van der Waals surface area contributed by atoms with E-state index in [4.69, 9.17) is 0 Å². The zero-order valence-electron chi connectivity index (χ0n) is 13.3. The van der Waals surface area contributed by atoms with Gasteiger partial charge < -0.3 is 5.32 Å². The molecule has 0 atom stereocenters. The maximum absolute atomic E-state index is 12.7. The van der Waals surface area contributed by atoms with Gasteiger partial charge in [0.05, 0.1) is 4.90 Å². The van der Waals surface area contributed by atoms with Gasteiger partial charge >= 0.3 is 0 Å². The summed E-state index contributed by atoms with van der Waals surface area (Å²) in [6.07, 6.45) is 1.61. The molecule has 0 spiro atoms. The third-order valence-electron chi connectivity index (χ3n) is 3.10. The van der Waals surface area contributed by atoms with Crippen LogP contribution in [0.3, 0.4) is 0 Å². The van der Waals surface area contributed by atoms with Gasteiger partial charge in [-0.1, -0.05) is 32.1 Å². The minimum absolute atomic E-state index is 0.106. The largest absolute Gasteiger partial charge is 0.310 e. The fraction of sp³-hybridized carbons (Fsp3) is 0.500. The van der Waals surface area contributed by atoms with Crippen LogP contribution in [0.1, 0.15) is 33.3 Å². The predicted octanol–water partition coefficient (Wildman–Crippen LogP) is 2.77. The highest BCUT2D eigenvalue weighted by atomic mass is 32.2. The Morgan fingerprint density at radius 2 is 1.95 bits per heavy atom. The minimum atomic E-state index is -3.49. The van der Waals surface area contributed by atoms with Crippen LogP contribution in [0.2, 0.25) is 0 Å². The van der Waals surface area contributed by atoms with E-state index in [1.165, 1.54) is 4.31 Å². The molecule has 0 amide bonds. The Hall–Kier alpha value is -1.17. The third kappa shape index (κ3) is 4.95. The molecule has 1 aromatic rings. The van der Waals surface area contributed by atoms with Crippen molar-refractivity contribution in [1.82, 2.24) is 9.62 Å². The van der Waals surface area contributed by atoms with Crippen molar-refractivity contribution in [1.29, 1.82) is 0 Å². The zero-order valence-corrected chi connectivity index (χ0v) is 14.2. The number of hydrogen-bond donors (Lipinski definition) is 1. The SMILES string of the molecule is C=CCN(C(C)C)S(=O)(=O)c1cccc(CNC(C)C)c1. The molecule has 0 saturated heterocycles. The van der Waals surface area contributed by atoms with E-state index in [0.29, 0.717) is 24.0 Å². The highest BCUT2D eigenvalue weighted by Gasteiger charge is 2.25. The Balaban J connectivity index is 3.07. The molecule has 0 saturated carbocycles. The van der Waals surface area contributed by atoms with Gasteiger partial charge in [0.2, 0.25) is 10.0 Å². The van der Waals surface area contributed by atoms with E-state index < -0.39 is 10.0 Å². The maximum Gasteiger partial charge on any atom is 0.243 e. The monoisotopic (exact) mass is 310 g/mol. The highest BCUT2D eigenvalue weighted by Crippen LogP contribution is 2.19. The summed E-state index contributed by atoms with van der Waals surface area (Å²) in [6.45, 7) is 12.5. The van der Waals surface area contributed by atoms with E-state index >= 15 is 0 Å². The summed E-state index contributed by atoms with van der Waals surface area (Å²) in [5.74, 6) is 0. The summed E-state index contributed by atoms with van der Waals surface area (Å²) < 4.78 is 26.9. The van der Waals surface area contributed by atoms with Crippen molar-refractivity contribution in [2.45, 2.75) is 51.2 Å². The lowest BCUT2D eigenvalue weighted by Crippen LogP contribution is -2.37. The van der Waals surface area contributed by atoms with E-state index in [1.807, 2.05) is 19.9 Å². The molecule has 4 nitrogen and oxygen atoms in total. The second kappa shape index (κ2) is 7.73. The molecule has 118 valence electrons. The Labute approximate surface area is 128 Å². The Morgan fingerprint density at radius 1 is 1.29 bits per heavy atom. The van der Waals surface area contributed by atoms with Gasteiger partial charge in [-0.15, -0.1) is 6.58 Å². The Bertz CT molecular complexity index is 565. The molecule has 0 aliphatic rings. The average Bonchev–Trinajstić information content (AvgIpc) is 2.42. The quantitative estimate of drug-likeness (QED) is 0.751. The smallest absolute Gasteiger partial charge is 0.243 e. The average molecular weight is 310 g/mol. The van der Waals surface area contributed by atoms with Crippen LogP contribution in [-0.4, -0.2) is 31.4 Å². The highest BCUT2D eigenvalue weighted by molar-refractivity contribution is 7.89. The molecular weight excluding hydrogens is 284 g/mol. The topological polar surface area (TPSA) is 49.4 Å². The number of benzene rings is 1. The van der Waals surface area contributed by atoms with Crippen LogP contribution < -0.4 is 5.32 Å². The van der Waals surface area contributed by atoms with Crippen molar-refractivity contribution in [2.24, 2.45) is 0 Å². The Kier molecular flexibility index (Phi) is 6.58. The molecule has 1 N–H and O–H groups in total. The summed E-state index contributed by atoms with van der Waals surface area (Å²) in [6, 6.07) is 7.36. The molecule has 0 bridgehead atoms. The molecule has 0 fully saturated rings. The molecule has 5 heteroatoms. The fourth-order valence-corrected chi connectivity index (χ4v) is 3.67. The van der Waals surface area contributed by atoms with Gasteiger partial charge in [-0.3, -0.25) is 0 Å². The van der Waals surface area contributed by atoms with Gasteiger partial charge in [0.15, 0.2) is 0 Å². The third-order valence-corrected chi connectivity index (χ3v) is 5.14. The van der Waals surface area contributed by atoms with Crippen LogP contribution in [-0.2, 0) is 16.6 Å². The summed E-state index contributed by atoms with van der Waals surface area (Å²) >= 11 is 0. The number of nitrogens with zero attached hydrogens (tertiary/aromatic N) is 1. The van der Waals surface area contributed by atoms with Crippen LogP contribution >= 0.6 is 0 Å². The van der Waals surface area contributed by atoms with E-state index in [9.17, 15) is 8.42 Å². The van der Waals surface area contributed by atoms with E-state index in [0.717, 1.165) is 5.56 Å². The van der Waals surface area contributed by atoms with Crippen LogP contribution in [0.4, 0.5) is 0 Å². The fourth-order valence-electron chi connectivity index (χ4n) is 1.99. The van der Waals surface area contributed by atoms with Crippen LogP contribution in [0.5, 0.6) is 0 Å². The molecule has 1 rings (SSSR count). The first-order valence-electron chi connectivity index (χ1n) is 7.24. The van der Waals surface area contributed by atoms with Crippen LogP contribution in [0, 0.1) is 0 Å². The number of nitrogens with one attached hydrogen (secondary N) is 1. The van der Waals surface area contributed by atoms with Crippen molar-refractivity contribution >= 4 is 10.0 Å². The van der Waals surface area contributed by atoms with Gasteiger partial charge in [-0.2, -0.15) is 4.31 Å². The van der Waals surface area contributed by atoms with Crippen LogP contribution in [0.15, 0.2) is 41.8 Å². The van der Waals surface area contributed by atoms with Crippen molar-refractivity contribution in [3.63, 3.8) is 0 Å². The molecule has 0 radical (unpaired) electrons. The summed E-state index contributed by atoms with van der Waals surface area (Å²) in [5.41, 5.74) is 0.965. The number of hydrogen-bond acceptors (Lipinski definition) is 3. The molecule has 0 unspecified atom stereocenters. The van der Waals surface area contributed by atoms with Gasteiger partial charge in [-0.05, 0) is 31.5 Å². The molecule has 0 aromatic heterocycles. The maximum atomic E-state index is 12.7. The first-order chi connectivity index (χ1) is 9.78. The molecule has 0 heterocycles. The normalized spacial score (nSPS) is 12.3. The number of rotatable bonds is 8. The Morgan fingerprint density at radius 3 is 2.48 bits per heavy atom. The first-order valence-corrected chi connectivity index (χ1v) is 8.68. The van der Waals surface area contributed by atoms with E-state index in [-0.39, 0.29) is 6.04 Å².